The van der Waals surface area contributed by atoms with E-state index in [-0.39, 0.29) is 6.03 Å². The van der Waals surface area contributed by atoms with Gasteiger partial charge in [-0.1, -0.05) is 17.7 Å². The SMILES string of the molecule is CN(C)C(=O)NCCNCc1ccc(Br)c(Cl)c1. The molecule has 0 aliphatic rings. The molecular weight excluding hydrogens is 318 g/mol. The molecule has 100 valence electrons. The third-order valence-corrected chi connectivity index (χ3v) is 3.53. The number of urea groups is 1. The Bertz CT molecular complexity index is 412. The molecule has 6 heteroatoms. The molecule has 0 spiro atoms. The first-order valence-electron chi connectivity index (χ1n) is 5.60. The van der Waals surface area contributed by atoms with Crippen LogP contribution in [0.4, 0.5) is 4.79 Å². The molecule has 0 radical (unpaired) electrons. The number of benzene rings is 1. The largest absolute Gasteiger partial charge is 0.337 e. The molecule has 0 aliphatic heterocycles. The maximum Gasteiger partial charge on any atom is 0.316 e. The van der Waals surface area contributed by atoms with E-state index < -0.39 is 0 Å². The van der Waals surface area contributed by atoms with Crippen LogP contribution in [0.1, 0.15) is 5.56 Å². The first-order valence-corrected chi connectivity index (χ1v) is 6.77. The zero-order valence-corrected chi connectivity index (χ0v) is 12.8. The minimum atomic E-state index is -0.0801. The molecule has 0 aromatic heterocycles. The first kappa shape index (κ1) is 15.3. The Morgan fingerprint density at radius 1 is 1.39 bits per heavy atom. The minimum Gasteiger partial charge on any atom is -0.337 e. The number of carbonyl (C=O) groups is 1. The van der Waals surface area contributed by atoms with Gasteiger partial charge in [-0.15, -0.1) is 0 Å². The number of hydrogen-bond acceptors (Lipinski definition) is 2. The summed E-state index contributed by atoms with van der Waals surface area (Å²) < 4.78 is 0.895. The second kappa shape index (κ2) is 7.61. The van der Waals surface area contributed by atoms with Gasteiger partial charge in [0.1, 0.15) is 0 Å². The fraction of sp³-hybridized carbons (Fsp3) is 0.417. The summed E-state index contributed by atoms with van der Waals surface area (Å²) in [5, 5.41) is 6.72. The smallest absolute Gasteiger partial charge is 0.316 e. The molecule has 0 atom stereocenters. The Hall–Kier alpha value is -0.780. The van der Waals surface area contributed by atoms with Gasteiger partial charge in [-0.05, 0) is 33.6 Å². The predicted octanol–water partition coefficient (Wildman–Crippen LogP) is 2.46. The summed E-state index contributed by atoms with van der Waals surface area (Å²) in [5.74, 6) is 0. The number of halogens is 2. The van der Waals surface area contributed by atoms with Crippen molar-refractivity contribution in [1.82, 2.24) is 15.5 Å². The molecule has 0 saturated heterocycles. The Kier molecular flexibility index (Phi) is 6.46. The molecule has 4 nitrogen and oxygen atoms in total. The highest BCUT2D eigenvalue weighted by Crippen LogP contribution is 2.22. The van der Waals surface area contributed by atoms with Crippen LogP contribution in [0.5, 0.6) is 0 Å². The molecular formula is C12H17BrClN3O. The van der Waals surface area contributed by atoms with Crippen molar-refractivity contribution in [3.8, 4) is 0 Å². The van der Waals surface area contributed by atoms with Gasteiger partial charge in [-0.3, -0.25) is 0 Å². The second-order valence-electron chi connectivity index (χ2n) is 4.05. The number of nitrogens with one attached hydrogen (secondary N) is 2. The van der Waals surface area contributed by atoms with Gasteiger partial charge in [-0.2, -0.15) is 0 Å². The molecule has 1 aromatic carbocycles. The van der Waals surface area contributed by atoms with E-state index in [4.69, 9.17) is 11.6 Å². The van der Waals surface area contributed by atoms with Crippen molar-refractivity contribution in [3.05, 3.63) is 33.3 Å². The van der Waals surface area contributed by atoms with E-state index in [1.807, 2.05) is 18.2 Å². The maximum absolute atomic E-state index is 11.2. The van der Waals surface area contributed by atoms with Crippen molar-refractivity contribution in [2.24, 2.45) is 0 Å². The van der Waals surface area contributed by atoms with Crippen LogP contribution in [0.3, 0.4) is 0 Å². The van der Waals surface area contributed by atoms with E-state index in [1.165, 1.54) is 4.90 Å². The normalized spacial score (nSPS) is 10.2. The van der Waals surface area contributed by atoms with E-state index >= 15 is 0 Å². The third kappa shape index (κ3) is 5.25. The monoisotopic (exact) mass is 333 g/mol. The quantitative estimate of drug-likeness (QED) is 0.813. The van der Waals surface area contributed by atoms with Crippen LogP contribution in [0.25, 0.3) is 0 Å². The third-order valence-electron chi connectivity index (χ3n) is 2.30. The van der Waals surface area contributed by atoms with Crippen molar-refractivity contribution in [2.75, 3.05) is 27.2 Å². The summed E-state index contributed by atoms with van der Waals surface area (Å²) in [6.07, 6.45) is 0. The lowest BCUT2D eigenvalue weighted by molar-refractivity contribution is 0.217. The van der Waals surface area contributed by atoms with E-state index in [0.717, 1.165) is 16.6 Å². The van der Waals surface area contributed by atoms with Gasteiger partial charge in [0.25, 0.3) is 0 Å². The van der Waals surface area contributed by atoms with Gasteiger partial charge in [-0.25, -0.2) is 4.79 Å². The average Bonchev–Trinajstić information content (AvgIpc) is 2.32. The van der Waals surface area contributed by atoms with E-state index in [0.29, 0.717) is 18.1 Å². The van der Waals surface area contributed by atoms with Crippen molar-refractivity contribution in [2.45, 2.75) is 6.54 Å². The summed E-state index contributed by atoms with van der Waals surface area (Å²) in [4.78, 5) is 12.7. The summed E-state index contributed by atoms with van der Waals surface area (Å²) in [5.41, 5.74) is 1.11. The fourth-order valence-electron chi connectivity index (χ4n) is 1.30. The van der Waals surface area contributed by atoms with Crippen LogP contribution < -0.4 is 10.6 Å². The van der Waals surface area contributed by atoms with Crippen LogP contribution in [0.2, 0.25) is 5.02 Å². The summed E-state index contributed by atoms with van der Waals surface area (Å²) in [6.45, 7) is 2.04. The van der Waals surface area contributed by atoms with Crippen molar-refractivity contribution in [1.29, 1.82) is 0 Å². The number of nitrogens with zero attached hydrogens (tertiary/aromatic N) is 1. The molecule has 18 heavy (non-hydrogen) atoms. The molecule has 2 amide bonds. The summed E-state index contributed by atoms with van der Waals surface area (Å²) in [7, 11) is 3.43. The zero-order valence-electron chi connectivity index (χ0n) is 10.5. The molecule has 0 heterocycles. The minimum absolute atomic E-state index is 0.0801. The van der Waals surface area contributed by atoms with E-state index in [2.05, 4.69) is 26.6 Å². The van der Waals surface area contributed by atoms with E-state index in [1.54, 1.807) is 14.1 Å². The highest BCUT2D eigenvalue weighted by atomic mass is 79.9. The molecule has 0 fully saturated rings. The van der Waals surface area contributed by atoms with Crippen LogP contribution in [0.15, 0.2) is 22.7 Å². The Morgan fingerprint density at radius 3 is 2.72 bits per heavy atom. The second-order valence-corrected chi connectivity index (χ2v) is 5.31. The van der Waals surface area contributed by atoms with Crippen LogP contribution >= 0.6 is 27.5 Å². The molecule has 0 saturated carbocycles. The Balaban J connectivity index is 2.22. The molecule has 1 aromatic rings. The van der Waals surface area contributed by atoms with Gasteiger partial charge >= 0.3 is 6.03 Å². The topological polar surface area (TPSA) is 44.4 Å². The van der Waals surface area contributed by atoms with Gasteiger partial charge < -0.3 is 15.5 Å². The van der Waals surface area contributed by atoms with Crippen LogP contribution in [0, 0.1) is 0 Å². The van der Waals surface area contributed by atoms with E-state index in [9.17, 15) is 4.79 Å². The summed E-state index contributed by atoms with van der Waals surface area (Å²) in [6, 6.07) is 5.76. The Labute approximate surface area is 121 Å². The van der Waals surface area contributed by atoms with Crippen LogP contribution in [-0.4, -0.2) is 38.1 Å². The van der Waals surface area contributed by atoms with Gasteiger partial charge in [0.05, 0.1) is 5.02 Å². The average molecular weight is 335 g/mol. The zero-order chi connectivity index (χ0) is 13.5. The molecule has 1 rings (SSSR count). The maximum atomic E-state index is 11.2. The standard InChI is InChI=1S/C12H17BrClN3O/c1-17(2)12(18)16-6-5-15-8-9-3-4-10(13)11(14)7-9/h3-4,7,15H,5-6,8H2,1-2H3,(H,16,18). The first-order chi connectivity index (χ1) is 8.50. The molecule has 0 bridgehead atoms. The van der Waals surface area contributed by atoms with Crippen LogP contribution in [-0.2, 0) is 6.54 Å². The Morgan fingerprint density at radius 2 is 2.11 bits per heavy atom. The fourth-order valence-corrected chi connectivity index (χ4v) is 1.75. The summed E-state index contributed by atoms with van der Waals surface area (Å²) >= 11 is 9.34. The highest BCUT2D eigenvalue weighted by molar-refractivity contribution is 9.10. The van der Waals surface area contributed by atoms with Gasteiger partial charge in [0.2, 0.25) is 0 Å². The number of rotatable bonds is 5. The lowest BCUT2D eigenvalue weighted by Gasteiger charge is -2.12. The lowest BCUT2D eigenvalue weighted by atomic mass is 10.2. The molecule has 2 N–H and O–H groups in total. The number of hydrogen-bond donors (Lipinski definition) is 2. The molecule has 0 aliphatic carbocycles. The van der Waals surface area contributed by atoms with Gasteiger partial charge in [0.15, 0.2) is 0 Å². The predicted molar refractivity (Wildman–Crippen MR) is 77.9 cm³/mol. The lowest BCUT2D eigenvalue weighted by Crippen LogP contribution is -2.38. The van der Waals surface area contributed by atoms with Crippen molar-refractivity contribution < 1.29 is 4.79 Å². The van der Waals surface area contributed by atoms with Gasteiger partial charge in [0, 0.05) is 38.2 Å². The molecule has 0 unspecified atom stereocenters. The number of amides is 2. The number of carbonyl (C=O) groups excluding carboxylic acids is 1. The van der Waals surface area contributed by atoms with Crippen molar-refractivity contribution >= 4 is 33.6 Å². The van der Waals surface area contributed by atoms with Crippen molar-refractivity contribution in [3.63, 3.8) is 0 Å². The highest BCUT2D eigenvalue weighted by Gasteiger charge is 2.01.